The number of hydrogen-bond donors (Lipinski definition) is 0. The van der Waals surface area contributed by atoms with E-state index in [1.165, 1.54) is 18.0 Å². The Morgan fingerprint density at radius 3 is 2.60 bits per heavy atom. The summed E-state index contributed by atoms with van der Waals surface area (Å²) < 4.78 is 35.4. The van der Waals surface area contributed by atoms with Gasteiger partial charge in [0.15, 0.2) is 0 Å². The van der Waals surface area contributed by atoms with Crippen LogP contribution in [0, 0.1) is 0 Å². The first-order chi connectivity index (χ1) is 6.97. The lowest BCUT2D eigenvalue weighted by Crippen LogP contribution is -2.08. The van der Waals surface area contributed by atoms with Gasteiger partial charge in [0.25, 0.3) is 0 Å². The topological polar surface area (TPSA) is 12.9 Å². The quantitative estimate of drug-likeness (QED) is 0.757. The van der Waals surface area contributed by atoms with E-state index >= 15 is 0 Å². The van der Waals surface area contributed by atoms with E-state index in [0.717, 1.165) is 5.69 Å². The average molecular weight is 256 g/mol. The molecule has 0 fully saturated rings. The molecule has 1 rings (SSSR count). The Labute approximate surface area is 95.0 Å². The van der Waals surface area contributed by atoms with Crippen molar-refractivity contribution in [2.45, 2.75) is 18.3 Å². The van der Waals surface area contributed by atoms with Crippen LogP contribution < -0.4 is 0 Å². The summed E-state index contributed by atoms with van der Waals surface area (Å²) in [6.45, 7) is 0. The van der Waals surface area contributed by atoms with Gasteiger partial charge in [0.05, 0.1) is 17.1 Å². The molecule has 0 aliphatic carbocycles. The summed E-state index contributed by atoms with van der Waals surface area (Å²) in [5.74, 6) is 0.543. The summed E-state index contributed by atoms with van der Waals surface area (Å²) in [6.07, 6.45) is -3.34. The zero-order chi connectivity index (χ0) is 11.3. The van der Waals surface area contributed by atoms with Crippen molar-refractivity contribution in [2.24, 2.45) is 0 Å². The van der Waals surface area contributed by atoms with E-state index < -0.39 is 12.6 Å². The van der Waals surface area contributed by atoms with Crippen molar-refractivity contribution in [2.75, 3.05) is 5.75 Å². The third-order valence-electron chi connectivity index (χ3n) is 1.57. The number of halogens is 4. The van der Waals surface area contributed by atoms with Gasteiger partial charge in [0, 0.05) is 17.7 Å². The second-order valence-corrected chi connectivity index (χ2v) is 4.43. The molecule has 1 aromatic rings. The van der Waals surface area contributed by atoms with E-state index in [0.29, 0.717) is 10.8 Å². The van der Waals surface area contributed by atoms with Gasteiger partial charge in [0.1, 0.15) is 0 Å². The minimum atomic E-state index is -4.07. The molecule has 6 heteroatoms. The zero-order valence-electron chi connectivity index (χ0n) is 7.72. The fraction of sp³-hybridized carbons (Fsp3) is 0.444. The molecule has 0 spiro atoms. The highest BCUT2D eigenvalue weighted by atomic mass is 35.5. The second-order valence-electron chi connectivity index (χ2n) is 2.89. The van der Waals surface area contributed by atoms with Gasteiger partial charge in [-0.25, -0.2) is 0 Å². The van der Waals surface area contributed by atoms with Crippen LogP contribution in [0.1, 0.15) is 12.1 Å². The summed E-state index contributed by atoms with van der Waals surface area (Å²) in [5.41, 5.74) is 0.742. The largest absolute Gasteiger partial charge is 0.389 e. The number of nitrogens with zero attached hydrogens (tertiary/aromatic N) is 1. The molecule has 0 N–H and O–H groups in total. The predicted molar refractivity (Wildman–Crippen MR) is 56.1 cm³/mol. The van der Waals surface area contributed by atoms with E-state index in [1.54, 1.807) is 12.1 Å². The molecule has 0 atom stereocenters. The molecular weight excluding hydrogens is 247 g/mol. The molecule has 1 aromatic heterocycles. The standard InChI is InChI=1S/C9H9ClF3NS/c10-7-1-2-8(14-5-7)6-15-4-3-9(11,12)13/h1-2,5H,3-4,6H2. The van der Waals surface area contributed by atoms with E-state index in [1.807, 2.05) is 0 Å². The molecule has 0 aliphatic heterocycles. The maximum atomic E-state index is 11.8. The summed E-state index contributed by atoms with van der Waals surface area (Å²) >= 11 is 6.83. The first-order valence-corrected chi connectivity index (χ1v) is 5.75. The molecular formula is C9H9ClF3NS. The van der Waals surface area contributed by atoms with Crippen molar-refractivity contribution in [3.63, 3.8) is 0 Å². The highest BCUT2D eigenvalue weighted by Crippen LogP contribution is 2.23. The Hall–Kier alpha value is -0.420. The number of pyridine rings is 1. The van der Waals surface area contributed by atoms with Crippen molar-refractivity contribution >= 4 is 23.4 Å². The molecule has 84 valence electrons. The fourth-order valence-electron chi connectivity index (χ4n) is 0.856. The number of hydrogen-bond acceptors (Lipinski definition) is 2. The van der Waals surface area contributed by atoms with Gasteiger partial charge in [0.2, 0.25) is 0 Å². The van der Waals surface area contributed by atoms with Crippen LogP contribution in [0.15, 0.2) is 18.3 Å². The SMILES string of the molecule is FC(F)(F)CCSCc1ccc(Cl)cn1. The van der Waals surface area contributed by atoms with Gasteiger partial charge in [-0.15, -0.1) is 0 Å². The third-order valence-corrected chi connectivity index (χ3v) is 2.78. The van der Waals surface area contributed by atoms with Crippen molar-refractivity contribution in [3.05, 3.63) is 29.0 Å². The van der Waals surface area contributed by atoms with Crippen molar-refractivity contribution in [3.8, 4) is 0 Å². The van der Waals surface area contributed by atoms with Gasteiger partial charge < -0.3 is 0 Å². The smallest absolute Gasteiger partial charge is 0.259 e. The third kappa shape index (κ3) is 5.89. The predicted octanol–water partition coefficient (Wildman–Crippen LogP) is 3.92. The molecule has 0 aliphatic rings. The van der Waals surface area contributed by atoms with Gasteiger partial charge in [-0.3, -0.25) is 4.98 Å². The molecule has 1 nitrogen and oxygen atoms in total. The van der Waals surface area contributed by atoms with Crippen LogP contribution in [-0.2, 0) is 5.75 Å². The molecule has 1 heterocycles. The number of aromatic nitrogens is 1. The number of alkyl halides is 3. The average Bonchev–Trinajstić information content (AvgIpc) is 2.14. The lowest BCUT2D eigenvalue weighted by Gasteiger charge is -2.05. The molecule has 0 saturated heterocycles. The Morgan fingerprint density at radius 2 is 2.07 bits per heavy atom. The van der Waals surface area contributed by atoms with Gasteiger partial charge in [-0.1, -0.05) is 11.6 Å². The Morgan fingerprint density at radius 1 is 1.33 bits per heavy atom. The number of rotatable bonds is 4. The Bertz CT molecular complexity index is 299. The molecule has 0 unspecified atom stereocenters. The first kappa shape index (κ1) is 12.6. The van der Waals surface area contributed by atoms with E-state index in [9.17, 15) is 13.2 Å². The minimum absolute atomic E-state index is 0.0633. The highest BCUT2D eigenvalue weighted by molar-refractivity contribution is 7.98. The van der Waals surface area contributed by atoms with Crippen LogP contribution in [0.25, 0.3) is 0 Å². The lowest BCUT2D eigenvalue weighted by atomic mass is 10.4. The molecule has 0 bridgehead atoms. The van der Waals surface area contributed by atoms with Crippen molar-refractivity contribution in [1.82, 2.24) is 4.98 Å². The second kappa shape index (κ2) is 5.61. The molecule has 0 saturated carbocycles. The van der Waals surface area contributed by atoms with Crippen LogP contribution in [0.4, 0.5) is 13.2 Å². The van der Waals surface area contributed by atoms with Crippen molar-refractivity contribution in [1.29, 1.82) is 0 Å². The van der Waals surface area contributed by atoms with Crippen LogP contribution >= 0.6 is 23.4 Å². The van der Waals surface area contributed by atoms with Crippen LogP contribution in [0.5, 0.6) is 0 Å². The summed E-state index contributed by atoms with van der Waals surface area (Å²) in [5, 5.41) is 0.527. The number of thioether (sulfide) groups is 1. The van der Waals surface area contributed by atoms with Crippen LogP contribution in [-0.4, -0.2) is 16.9 Å². The van der Waals surface area contributed by atoms with Gasteiger partial charge in [-0.2, -0.15) is 24.9 Å². The minimum Gasteiger partial charge on any atom is -0.259 e. The van der Waals surface area contributed by atoms with E-state index in [2.05, 4.69) is 4.98 Å². The Balaban J connectivity index is 2.23. The normalized spacial score (nSPS) is 11.7. The zero-order valence-corrected chi connectivity index (χ0v) is 9.29. The molecule has 0 radical (unpaired) electrons. The maximum Gasteiger partial charge on any atom is 0.389 e. The lowest BCUT2D eigenvalue weighted by molar-refractivity contribution is -0.129. The van der Waals surface area contributed by atoms with Crippen LogP contribution in [0.2, 0.25) is 5.02 Å². The monoisotopic (exact) mass is 255 g/mol. The van der Waals surface area contributed by atoms with Gasteiger partial charge in [-0.05, 0) is 12.1 Å². The van der Waals surface area contributed by atoms with Gasteiger partial charge >= 0.3 is 6.18 Å². The maximum absolute atomic E-state index is 11.8. The molecule has 0 aromatic carbocycles. The first-order valence-electron chi connectivity index (χ1n) is 4.22. The Kier molecular flexibility index (Phi) is 4.73. The molecule has 15 heavy (non-hydrogen) atoms. The summed E-state index contributed by atoms with van der Waals surface area (Å²) in [7, 11) is 0. The van der Waals surface area contributed by atoms with Crippen molar-refractivity contribution < 1.29 is 13.2 Å². The highest BCUT2D eigenvalue weighted by Gasteiger charge is 2.26. The van der Waals surface area contributed by atoms with Crippen LogP contribution in [0.3, 0.4) is 0 Å². The molecule has 0 amide bonds. The fourth-order valence-corrected chi connectivity index (χ4v) is 1.87. The summed E-state index contributed by atoms with van der Waals surface area (Å²) in [4.78, 5) is 3.98. The van der Waals surface area contributed by atoms with E-state index in [4.69, 9.17) is 11.6 Å². The summed E-state index contributed by atoms with van der Waals surface area (Å²) in [6, 6.07) is 3.39. The van der Waals surface area contributed by atoms with E-state index in [-0.39, 0.29) is 5.75 Å².